The Kier molecular flexibility index (Phi) is 11.6. The first kappa shape index (κ1) is 27.5. The van der Waals surface area contributed by atoms with Crippen molar-refractivity contribution in [1.29, 1.82) is 0 Å². The molecule has 0 aromatic heterocycles. The Hall–Kier alpha value is -3.05. The van der Waals surface area contributed by atoms with Gasteiger partial charge >= 0.3 is 11.9 Å². The molecule has 0 spiro atoms. The first-order valence-corrected chi connectivity index (χ1v) is 13.9. The lowest BCUT2D eigenvalue weighted by molar-refractivity contribution is -0.137. The molecule has 36 heavy (non-hydrogen) atoms. The zero-order valence-corrected chi connectivity index (χ0v) is 21.6. The number of aryl methyl sites for hydroxylation is 2. The molecule has 0 aliphatic heterocycles. The van der Waals surface area contributed by atoms with Crippen LogP contribution in [0.3, 0.4) is 0 Å². The van der Waals surface area contributed by atoms with Gasteiger partial charge in [-0.25, -0.2) is 4.79 Å². The first-order valence-electron chi connectivity index (χ1n) is 12.8. The summed E-state index contributed by atoms with van der Waals surface area (Å²) >= 11 is 1.51. The minimum absolute atomic E-state index is 0.0122. The molecule has 0 aliphatic carbocycles. The van der Waals surface area contributed by atoms with Gasteiger partial charge in [0.25, 0.3) is 0 Å². The third kappa shape index (κ3) is 9.19. The smallest absolute Gasteiger partial charge is 0.335 e. The number of rotatable bonds is 16. The summed E-state index contributed by atoms with van der Waals surface area (Å²) in [6.45, 7) is 0. The third-order valence-corrected chi connectivity index (χ3v) is 7.75. The summed E-state index contributed by atoms with van der Waals surface area (Å²) in [5, 5.41) is 18.8. The minimum Gasteiger partial charge on any atom is -0.481 e. The number of carboxylic acids is 2. The monoisotopic (exact) mass is 504 g/mol. The summed E-state index contributed by atoms with van der Waals surface area (Å²) in [4.78, 5) is 23.2. The van der Waals surface area contributed by atoms with E-state index in [0.29, 0.717) is 5.75 Å². The van der Waals surface area contributed by atoms with Gasteiger partial charge in [-0.1, -0.05) is 98.5 Å². The summed E-state index contributed by atoms with van der Waals surface area (Å²) in [6.07, 6.45) is 9.29. The van der Waals surface area contributed by atoms with Crippen molar-refractivity contribution in [2.24, 2.45) is 0 Å². The summed E-state index contributed by atoms with van der Waals surface area (Å²) in [7, 11) is 0. The van der Waals surface area contributed by atoms with Crippen molar-refractivity contribution in [3.63, 3.8) is 0 Å². The number of aliphatic carboxylic acids is 1. The van der Waals surface area contributed by atoms with E-state index in [2.05, 4.69) is 36.4 Å². The lowest BCUT2D eigenvalue weighted by Crippen LogP contribution is -2.08. The van der Waals surface area contributed by atoms with Crippen molar-refractivity contribution in [3.8, 4) is 0 Å². The van der Waals surface area contributed by atoms with E-state index in [1.807, 2.05) is 24.3 Å². The van der Waals surface area contributed by atoms with E-state index >= 15 is 0 Å². The number of carbonyl (C=O) groups is 2. The van der Waals surface area contributed by atoms with Crippen LogP contribution >= 0.6 is 11.8 Å². The second-order valence-corrected chi connectivity index (χ2v) is 10.4. The predicted octanol–water partition coefficient (Wildman–Crippen LogP) is 7.96. The molecule has 0 heterocycles. The Morgan fingerprint density at radius 3 is 1.94 bits per heavy atom. The van der Waals surface area contributed by atoms with E-state index in [-0.39, 0.29) is 17.2 Å². The summed E-state index contributed by atoms with van der Waals surface area (Å²) < 4.78 is 0. The Morgan fingerprint density at radius 1 is 0.667 bits per heavy atom. The maximum absolute atomic E-state index is 11.6. The van der Waals surface area contributed by atoms with Crippen LogP contribution in [0.1, 0.15) is 82.8 Å². The van der Waals surface area contributed by atoms with Crippen LogP contribution < -0.4 is 0 Å². The van der Waals surface area contributed by atoms with Gasteiger partial charge in [0, 0.05) is 11.0 Å². The highest BCUT2D eigenvalue weighted by Crippen LogP contribution is 2.37. The van der Waals surface area contributed by atoms with Gasteiger partial charge in [0.1, 0.15) is 0 Å². The largest absolute Gasteiger partial charge is 0.481 e. The molecule has 0 saturated heterocycles. The van der Waals surface area contributed by atoms with E-state index < -0.39 is 11.9 Å². The van der Waals surface area contributed by atoms with Crippen molar-refractivity contribution in [2.45, 2.75) is 68.8 Å². The summed E-state index contributed by atoms with van der Waals surface area (Å²) in [5.74, 6) is -1.34. The molecular formula is C31H36O4S. The average Bonchev–Trinajstić information content (AvgIpc) is 2.89. The molecule has 5 heteroatoms. The Morgan fingerprint density at radius 2 is 1.25 bits per heavy atom. The summed E-state index contributed by atoms with van der Waals surface area (Å²) in [5.41, 5.74) is 4.66. The van der Waals surface area contributed by atoms with Crippen LogP contribution in [0.15, 0.2) is 78.9 Å². The van der Waals surface area contributed by atoms with Gasteiger partial charge in [0.2, 0.25) is 0 Å². The topological polar surface area (TPSA) is 74.6 Å². The number of unbranched alkanes of at least 4 members (excludes halogenated alkanes) is 5. The molecule has 3 aromatic rings. The molecule has 3 rings (SSSR count). The lowest BCUT2D eigenvalue weighted by atomic mass is 9.97. The maximum Gasteiger partial charge on any atom is 0.335 e. The second-order valence-electron chi connectivity index (χ2n) is 9.17. The second kappa shape index (κ2) is 15.1. The van der Waals surface area contributed by atoms with Crippen molar-refractivity contribution in [3.05, 3.63) is 107 Å². The van der Waals surface area contributed by atoms with Crippen molar-refractivity contribution < 1.29 is 19.8 Å². The highest BCUT2D eigenvalue weighted by atomic mass is 32.2. The number of thioether (sulfide) groups is 1. The summed E-state index contributed by atoms with van der Waals surface area (Å²) in [6, 6.07) is 25.7. The SMILES string of the molecule is O=C(O)CC(SCc1ccccc1C(=O)O)c1ccccc1CCCCCCCCc1ccccc1. The van der Waals surface area contributed by atoms with Crippen LogP contribution in [0.5, 0.6) is 0 Å². The number of benzene rings is 3. The number of hydrogen-bond acceptors (Lipinski definition) is 3. The molecule has 0 fully saturated rings. The number of carboxylic acid groups (broad SMARTS) is 2. The molecule has 0 aliphatic rings. The van der Waals surface area contributed by atoms with Crippen LogP contribution in [0.2, 0.25) is 0 Å². The van der Waals surface area contributed by atoms with Gasteiger partial charge < -0.3 is 10.2 Å². The van der Waals surface area contributed by atoms with Crippen LogP contribution in [-0.2, 0) is 23.4 Å². The van der Waals surface area contributed by atoms with Gasteiger partial charge in [0.05, 0.1) is 12.0 Å². The number of hydrogen-bond donors (Lipinski definition) is 2. The average molecular weight is 505 g/mol. The maximum atomic E-state index is 11.6. The third-order valence-electron chi connectivity index (χ3n) is 6.45. The fraction of sp³-hybridized carbons (Fsp3) is 0.355. The lowest BCUT2D eigenvalue weighted by Gasteiger charge is -2.19. The first-order chi connectivity index (χ1) is 17.5. The van der Waals surface area contributed by atoms with Crippen LogP contribution in [0.4, 0.5) is 0 Å². The molecule has 0 amide bonds. The van der Waals surface area contributed by atoms with Gasteiger partial charge in [-0.3, -0.25) is 4.79 Å². The van der Waals surface area contributed by atoms with Gasteiger partial charge in [-0.15, -0.1) is 11.8 Å². The zero-order valence-electron chi connectivity index (χ0n) is 20.8. The molecule has 3 aromatic carbocycles. The molecule has 0 bridgehead atoms. The molecular weight excluding hydrogens is 468 g/mol. The minimum atomic E-state index is -0.957. The fourth-order valence-electron chi connectivity index (χ4n) is 4.53. The normalized spacial score (nSPS) is 11.8. The fourth-order valence-corrected chi connectivity index (χ4v) is 5.84. The van der Waals surface area contributed by atoms with Crippen LogP contribution in [0.25, 0.3) is 0 Å². The predicted molar refractivity (Wildman–Crippen MR) is 148 cm³/mol. The Balaban J connectivity index is 1.50. The quantitative estimate of drug-likeness (QED) is 0.194. The van der Waals surface area contributed by atoms with Gasteiger partial charge in [-0.05, 0) is 54.0 Å². The Bertz CT molecular complexity index is 1100. The van der Waals surface area contributed by atoms with E-state index in [1.165, 1.54) is 55.0 Å². The zero-order chi connectivity index (χ0) is 25.6. The molecule has 190 valence electrons. The molecule has 0 saturated carbocycles. The van der Waals surface area contributed by atoms with Crippen molar-refractivity contribution >= 4 is 23.7 Å². The van der Waals surface area contributed by atoms with Crippen LogP contribution in [-0.4, -0.2) is 22.2 Å². The van der Waals surface area contributed by atoms with E-state index in [4.69, 9.17) is 0 Å². The van der Waals surface area contributed by atoms with Gasteiger partial charge in [-0.2, -0.15) is 0 Å². The van der Waals surface area contributed by atoms with E-state index in [0.717, 1.165) is 30.4 Å². The van der Waals surface area contributed by atoms with Gasteiger partial charge in [0.15, 0.2) is 0 Å². The molecule has 4 nitrogen and oxygen atoms in total. The van der Waals surface area contributed by atoms with E-state index in [9.17, 15) is 19.8 Å². The van der Waals surface area contributed by atoms with Crippen molar-refractivity contribution in [1.82, 2.24) is 0 Å². The standard InChI is InChI=1S/C31H36O4S/c32-30(33)22-29(36-23-26-19-11-13-21-28(26)31(34)35)27-20-12-10-18-25(27)17-9-4-2-1-3-6-14-24-15-7-5-8-16-24/h5,7-8,10-13,15-16,18-21,29H,1-4,6,9,14,17,22-23H2,(H,32,33)(H,34,35). The Labute approximate surface area is 218 Å². The molecule has 1 unspecified atom stereocenters. The molecule has 0 radical (unpaired) electrons. The van der Waals surface area contributed by atoms with E-state index in [1.54, 1.807) is 18.2 Å². The molecule has 1 atom stereocenters. The number of aromatic carboxylic acids is 1. The van der Waals surface area contributed by atoms with Crippen molar-refractivity contribution in [2.75, 3.05) is 0 Å². The molecule has 2 N–H and O–H groups in total. The van der Waals surface area contributed by atoms with Crippen LogP contribution in [0, 0.1) is 0 Å². The highest BCUT2D eigenvalue weighted by Gasteiger charge is 2.20. The highest BCUT2D eigenvalue weighted by molar-refractivity contribution is 7.98.